The van der Waals surface area contributed by atoms with E-state index < -0.39 is 24.5 Å². The van der Waals surface area contributed by atoms with E-state index in [0.717, 1.165) is 4.57 Å². The molecule has 3 rings (SSSR count). The first kappa shape index (κ1) is 21.9. The van der Waals surface area contributed by atoms with Crippen LogP contribution in [0.3, 0.4) is 0 Å². The highest BCUT2D eigenvalue weighted by Crippen LogP contribution is 2.39. The Morgan fingerprint density at radius 2 is 1.81 bits per heavy atom. The first-order valence-corrected chi connectivity index (χ1v) is 8.93. The van der Waals surface area contributed by atoms with Crippen LogP contribution < -0.4 is 19.6 Å². The minimum absolute atomic E-state index is 0.140. The van der Waals surface area contributed by atoms with Gasteiger partial charge in [0.2, 0.25) is 11.6 Å². The van der Waals surface area contributed by atoms with Crippen LogP contribution in [-0.2, 0) is 17.5 Å². The van der Waals surface area contributed by atoms with Crippen LogP contribution in [0.4, 0.5) is 13.2 Å². The van der Waals surface area contributed by atoms with E-state index in [9.17, 15) is 18.0 Å². The van der Waals surface area contributed by atoms with E-state index in [1.807, 2.05) is 0 Å². The zero-order chi connectivity index (χ0) is 22.6. The standard InChI is InChI=1S/C20H19F3N4O4/c1-29-15-9-8-12(17(30-2)18(15)31-3)10-24-26-16(28)11-27-14-7-5-4-6-13(14)25-19(27)20(21,22)23/h4-10H,11H2,1-3H3,(H,26,28)/b24-10+. The van der Waals surface area contributed by atoms with E-state index in [4.69, 9.17) is 14.2 Å². The van der Waals surface area contributed by atoms with Gasteiger partial charge < -0.3 is 18.8 Å². The number of carbonyl (C=O) groups excluding carboxylic acids is 1. The molecular formula is C20H19F3N4O4. The number of aromatic nitrogens is 2. The van der Waals surface area contributed by atoms with Crippen LogP contribution in [0.5, 0.6) is 17.2 Å². The number of nitrogens with one attached hydrogen (secondary N) is 1. The van der Waals surface area contributed by atoms with Crippen LogP contribution in [0.1, 0.15) is 11.4 Å². The average molecular weight is 436 g/mol. The van der Waals surface area contributed by atoms with Gasteiger partial charge in [0.05, 0.1) is 38.6 Å². The monoisotopic (exact) mass is 436 g/mol. The van der Waals surface area contributed by atoms with Gasteiger partial charge in [-0.15, -0.1) is 0 Å². The highest BCUT2D eigenvalue weighted by molar-refractivity contribution is 5.87. The quantitative estimate of drug-likeness (QED) is 0.454. The lowest BCUT2D eigenvalue weighted by atomic mass is 10.2. The maximum Gasteiger partial charge on any atom is 0.449 e. The van der Waals surface area contributed by atoms with Crippen LogP contribution in [0.25, 0.3) is 11.0 Å². The zero-order valence-corrected chi connectivity index (χ0v) is 16.9. The molecule has 0 aliphatic rings. The number of amides is 1. The lowest BCUT2D eigenvalue weighted by Crippen LogP contribution is -2.26. The van der Waals surface area contributed by atoms with Crippen molar-refractivity contribution >= 4 is 23.2 Å². The van der Waals surface area contributed by atoms with Crippen LogP contribution >= 0.6 is 0 Å². The summed E-state index contributed by atoms with van der Waals surface area (Å²) in [6.07, 6.45) is -3.43. The van der Waals surface area contributed by atoms with E-state index in [1.54, 1.807) is 24.3 Å². The summed E-state index contributed by atoms with van der Waals surface area (Å²) in [5.41, 5.74) is 3.01. The average Bonchev–Trinajstić information content (AvgIpc) is 3.12. The summed E-state index contributed by atoms with van der Waals surface area (Å²) in [4.78, 5) is 15.9. The number of nitrogens with zero attached hydrogens (tertiary/aromatic N) is 3. The summed E-state index contributed by atoms with van der Waals surface area (Å²) in [5, 5.41) is 3.82. The number of hydrazone groups is 1. The van der Waals surface area contributed by atoms with Crippen molar-refractivity contribution in [1.82, 2.24) is 15.0 Å². The van der Waals surface area contributed by atoms with E-state index in [-0.39, 0.29) is 11.0 Å². The minimum atomic E-state index is -4.71. The maximum atomic E-state index is 13.3. The summed E-state index contributed by atoms with van der Waals surface area (Å²) >= 11 is 0. The molecule has 0 spiro atoms. The molecule has 8 nitrogen and oxygen atoms in total. The van der Waals surface area contributed by atoms with Crippen LogP contribution in [0.2, 0.25) is 0 Å². The van der Waals surface area contributed by atoms with Gasteiger partial charge in [-0.3, -0.25) is 4.79 Å². The summed E-state index contributed by atoms with van der Waals surface area (Å²) in [5.74, 6) is -0.828. The van der Waals surface area contributed by atoms with E-state index in [2.05, 4.69) is 15.5 Å². The topological polar surface area (TPSA) is 87.0 Å². The normalized spacial score (nSPS) is 11.7. The Kier molecular flexibility index (Phi) is 6.33. The molecule has 0 unspecified atom stereocenters. The summed E-state index contributed by atoms with van der Waals surface area (Å²) in [6.45, 7) is -0.615. The number of hydrogen-bond donors (Lipinski definition) is 1. The Labute approximate surface area is 175 Å². The summed E-state index contributed by atoms with van der Waals surface area (Å²) in [7, 11) is 4.34. The van der Waals surface area contributed by atoms with Gasteiger partial charge in [0, 0.05) is 5.56 Å². The number of rotatable bonds is 7. The number of hydrogen-bond acceptors (Lipinski definition) is 6. The van der Waals surface area contributed by atoms with Crippen molar-refractivity contribution in [2.45, 2.75) is 12.7 Å². The molecule has 2 aromatic carbocycles. The van der Waals surface area contributed by atoms with Gasteiger partial charge in [0.15, 0.2) is 11.5 Å². The van der Waals surface area contributed by atoms with Crippen molar-refractivity contribution in [2.75, 3.05) is 21.3 Å². The number of methoxy groups -OCH3 is 3. The molecule has 31 heavy (non-hydrogen) atoms. The lowest BCUT2D eigenvalue weighted by molar-refractivity contribution is -0.147. The molecule has 11 heteroatoms. The molecule has 0 aliphatic heterocycles. The Morgan fingerprint density at radius 3 is 2.45 bits per heavy atom. The van der Waals surface area contributed by atoms with Gasteiger partial charge >= 0.3 is 6.18 Å². The molecule has 0 saturated carbocycles. The van der Waals surface area contributed by atoms with Crippen molar-refractivity contribution < 1.29 is 32.2 Å². The van der Waals surface area contributed by atoms with Gasteiger partial charge in [0.25, 0.3) is 5.91 Å². The molecule has 0 bridgehead atoms. The number of para-hydroxylation sites is 2. The van der Waals surface area contributed by atoms with E-state index in [0.29, 0.717) is 22.8 Å². The number of halogens is 3. The minimum Gasteiger partial charge on any atom is -0.493 e. The molecule has 0 fully saturated rings. The van der Waals surface area contributed by atoms with Crippen LogP contribution in [0, 0.1) is 0 Å². The first-order chi connectivity index (χ1) is 14.8. The van der Waals surface area contributed by atoms with Gasteiger partial charge in [-0.25, -0.2) is 10.4 Å². The highest BCUT2D eigenvalue weighted by Gasteiger charge is 2.38. The number of ether oxygens (including phenoxy) is 3. The zero-order valence-electron chi connectivity index (χ0n) is 16.9. The molecular weight excluding hydrogens is 417 g/mol. The highest BCUT2D eigenvalue weighted by atomic mass is 19.4. The Balaban J connectivity index is 1.81. The molecule has 1 amide bonds. The number of benzene rings is 2. The molecule has 0 atom stereocenters. The summed E-state index contributed by atoms with van der Waals surface area (Å²) < 4.78 is 56.6. The molecule has 1 heterocycles. The number of carbonyl (C=O) groups is 1. The second-order valence-electron chi connectivity index (χ2n) is 6.22. The fourth-order valence-electron chi connectivity index (χ4n) is 3.03. The van der Waals surface area contributed by atoms with Crippen LogP contribution in [0.15, 0.2) is 41.5 Å². The number of alkyl halides is 3. The first-order valence-electron chi connectivity index (χ1n) is 8.93. The molecule has 0 aliphatic carbocycles. The fraction of sp³-hybridized carbons (Fsp3) is 0.250. The van der Waals surface area contributed by atoms with Crippen molar-refractivity contribution in [3.8, 4) is 17.2 Å². The van der Waals surface area contributed by atoms with Crippen molar-refractivity contribution in [2.24, 2.45) is 5.10 Å². The Morgan fingerprint density at radius 1 is 1.10 bits per heavy atom. The second kappa shape index (κ2) is 8.94. The Bertz CT molecular complexity index is 1130. The van der Waals surface area contributed by atoms with E-state index >= 15 is 0 Å². The molecule has 164 valence electrons. The maximum absolute atomic E-state index is 13.3. The van der Waals surface area contributed by atoms with Crippen molar-refractivity contribution in [3.63, 3.8) is 0 Å². The second-order valence-corrected chi connectivity index (χ2v) is 6.22. The molecule has 1 N–H and O–H groups in total. The van der Waals surface area contributed by atoms with Crippen molar-refractivity contribution in [1.29, 1.82) is 0 Å². The van der Waals surface area contributed by atoms with Crippen molar-refractivity contribution in [3.05, 3.63) is 47.8 Å². The molecule has 0 radical (unpaired) electrons. The fourth-order valence-corrected chi connectivity index (χ4v) is 3.03. The predicted octanol–water partition coefficient (Wildman–Crippen LogP) is 3.23. The van der Waals surface area contributed by atoms with Gasteiger partial charge in [-0.2, -0.15) is 18.3 Å². The number of imidazole rings is 1. The van der Waals surface area contributed by atoms with Gasteiger partial charge in [-0.1, -0.05) is 12.1 Å². The SMILES string of the molecule is COc1ccc(/C=N/NC(=O)Cn2c(C(F)(F)F)nc3ccccc32)c(OC)c1OC. The molecule has 3 aromatic rings. The van der Waals surface area contributed by atoms with E-state index in [1.165, 1.54) is 39.7 Å². The Hall–Kier alpha value is -3.76. The third-order valence-electron chi connectivity index (χ3n) is 4.34. The van der Waals surface area contributed by atoms with Gasteiger partial charge in [-0.05, 0) is 24.3 Å². The third kappa shape index (κ3) is 4.55. The lowest BCUT2D eigenvalue weighted by Gasteiger charge is -2.13. The smallest absolute Gasteiger partial charge is 0.449 e. The summed E-state index contributed by atoms with van der Waals surface area (Å²) in [6, 6.07) is 9.29. The molecule has 0 saturated heterocycles. The number of fused-ring (bicyclic) bond motifs is 1. The molecule has 1 aromatic heterocycles. The largest absolute Gasteiger partial charge is 0.493 e. The van der Waals surface area contributed by atoms with Crippen LogP contribution in [-0.4, -0.2) is 43.0 Å². The predicted molar refractivity (Wildman–Crippen MR) is 107 cm³/mol. The van der Waals surface area contributed by atoms with Gasteiger partial charge in [0.1, 0.15) is 6.54 Å². The third-order valence-corrected chi connectivity index (χ3v) is 4.34.